The molecule has 3 rings (SSSR count). The maximum atomic E-state index is 13.9. The molecule has 3 atom stereocenters. The maximum Gasteiger partial charge on any atom is 0.342 e. The van der Waals surface area contributed by atoms with Crippen LogP contribution in [0.3, 0.4) is 0 Å². The van der Waals surface area contributed by atoms with Crippen molar-refractivity contribution in [2.24, 2.45) is 0 Å². The SMILES string of the molecule is COC[C@H](NP(=O)(CO[C@H](C)Cn1cnc2c(N)ncnc21)Oc1ccccc1)C(=O)NC(C)C. The minimum Gasteiger partial charge on any atom is -0.431 e. The number of para-hydroxylation sites is 1. The molecule has 0 aliphatic carbocycles. The van der Waals surface area contributed by atoms with Crippen LogP contribution in [-0.4, -0.2) is 63.7 Å². The molecule has 0 saturated heterocycles. The molecule has 0 spiro atoms. The number of ether oxygens (including phenoxy) is 2. The summed E-state index contributed by atoms with van der Waals surface area (Å²) in [7, 11) is -2.24. The Hall–Kier alpha value is -3.05. The fourth-order valence-corrected chi connectivity index (χ4v) is 5.05. The summed E-state index contributed by atoms with van der Waals surface area (Å²) in [5.41, 5.74) is 6.92. The van der Waals surface area contributed by atoms with E-state index in [1.54, 1.807) is 35.2 Å². The van der Waals surface area contributed by atoms with E-state index in [0.717, 1.165) is 0 Å². The fraction of sp³-hybridized carbons (Fsp3) is 0.455. The van der Waals surface area contributed by atoms with Crippen LogP contribution < -0.4 is 20.7 Å². The second-order valence-corrected chi connectivity index (χ2v) is 10.4. The van der Waals surface area contributed by atoms with Crippen molar-refractivity contribution in [1.82, 2.24) is 29.9 Å². The minimum atomic E-state index is -3.71. The van der Waals surface area contributed by atoms with Crippen LogP contribution >= 0.6 is 7.52 Å². The standard InChI is InChI=1S/C22H32N7O5P/c1-15(2)27-22(30)18(11-32-4)28-35(31,34-17-8-6-5-7-9-17)14-33-16(3)10-29-13-26-19-20(23)24-12-25-21(19)29/h5-9,12-13,15-16,18H,10-11,14H2,1-4H3,(H,27,30)(H,28,31)(H2,23,24,25)/t16-,18+,35?/m1/s1. The highest BCUT2D eigenvalue weighted by Crippen LogP contribution is 2.44. The Balaban J connectivity index is 1.74. The molecular weight excluding hydrogens is 473 g/mol. The van der Waals surface area contributed by atoms with Gasteiger partial charge in [0.05, 0.1) is 25.6 Å². The number of carbonyl (C=O) groups is 1. The summed E-state index contributed by atoms with van der Waals surface area (Å²) in [6.45, 7) is 5.86. The molecule has 13 heteroatoms. The van der Waals surface area contributed by atoms with Gasteiger partial charge in [-0.3, -0.25) is 9.36 Å². The molecule has 1 unspecified atom stereocenters. The Morgan fingerprint density at radius 1 is 1.17 bits per heavy atom. The molecule has 3 aromatic rings. The highest BCUT2D eigenvalue weighted by atomic mass is 31.2. The number of nitrogens with zero attached hydrogens (tertiary/aromatic N) is 4. The third kappa shape index (κ3) is 7.46. The second-order valence-electron chi connectivity index (χ2n) is 8.31. The number of hydrogen-bond donors (Lipinski definition) is 3. The number of anilines is 1. The van der Waals surface area contributed by atoms with Gasteiger partial charge in [-0.05, 0) is 32.9 Å². The number of carbonyl (C=O) groups excluding carboxylic acids is 1. The van der Waals surface area contributed by atoms with Gasteiger partial charge in [-0.2, -0.15) is 0 Å². The first kappa shape index (κ1) is 26.6. The number of methoxy groups -OCH3 is 1. The van der Waals surface area contributed by atoms with Crippen LogP contribution in [0.25, 0.3) is 11.2 Å². The van der Waals surface area contributed by atoms with E-state index >= 15 is 0 Å². The first-order valence-corrected chi connectivity index (χ1v) is 13.0. The molecule has 12 nitrogen and oxygen atoms in total. The van der Waals surface area contributed by atoms with Crippen molar-refractivity contribution >= 4 is 30.4 Å². The molecule has 4 N–H and O–H groups in total. The average Bonchev–Trinajstić information content (AvgIpc) is 3.22. The third-order valence-electron chi connectivity index (χ3n) is 4.84. The monoisotopic (exact) mass is 505 g/mol. The smallest absolute Gasteiger partial charge is 0.342 e. The number of hydrogen-bond acceptors (Lipinski definition) is 9. The largest absolute Gasteiger partial charge is 0.431 e. The number of benzene rings is 1. The van der Waals surface area contributed by atoms with Gasteiger partial charge in [0.15, 0.2) is 11.5 Å². The number of aromatic nitrogens is 4. The number of nitrogen functional groups attached to an aromatic ring is 1. The molecule has 190 valence electrons. The lowest BCUT2D eigenvalue weighted by atomic mass is 10.3. The summed E-state index contributed by atoms with van der Waals surface area (Å²) in [4.78, 5) is 25.1. The average molecular weight is 506 g/mol. The summed E-state index contributed by atoms with van der Waals surface area (Å²) in [5.74, 6) is 0.317. The highest BCUT2D eigenvalue weighted by Gasteiger charge is 2.33. The van der Waals surface area contributed by atoms with Crippen LogP contribution in [0.2, 0.25) is 0 Å². The molecule has 0 aliphatic rings. The zero-order valence-corrected chi connectivity index (χ0v) is 21.1. The zero-order valence-electron chi connectivity index (χ0n) is 20.2. The molecule has 0 aliphatic heterocycles. The van der Waals surface area contributed by atoms with E-state index in [9.17, 15) is 9.36 Å². The van der Waals surface area contributed by atoms with Gasteiger partial charge in [0.25, 0.3) is 0 Å². The number of nitrogens with two attached hydrogens (primary N) is 1. The Bertz CT molecular complexity index is 1160. The van der Waals surface area contributed by atoms with Crippen LogP contribution in [-0.2, 0) is 25.4 Å². The first-order chi connectivity index (χ1) is 16.7. The number of rotatable bonds is 13. The topological polar surface area (TPSA) is 156 Å². The van der Waals surface area contributed by atoms with Crippen molar-refractivity contribution in [3.05, 3.63) is 43.0 Å². The van der Waals surface area contributed by atoms with Gasteiger partial charge in [-0.25, -0.2) is 20.0 Å². The molecule has 2 heterocycles. The number of fused-ring (bicyclic) bond motifs is 1. The lowest BCUT2D eigenvalue weighted by Gasteiger charge is -2.27. The zero-order chi connectivity index (χ0) is 25.4. The Morgan fingerprint density at radius 2 is 1.91 bits per heavy atom. The van der Waals surface area contributed by atoms with Crippen LogP contribution in [0.4, 0.5) is 5.82 Å². The molecule has 1 aromatic carbocycles. The lowest BCUT2D eigenvalue weighted by Crippen LogP contribution is -2.48. The normalized spacial score (nSPS) is 15.0. The van der Waals surface area contributed by atoms with E-state index < -0.39 is 19.7 Å². The van der Waals surface area contributed by atoms with Gasteiger partial charge >= 0.3 is 7.52 Å². The van der Waals surface area contributed by atoms with Crippen LogP contribution in [0.1, 0.15) is 20.8 Å². The van der Waals surface area contributed by atoms with E-state index in [1.807, 2.05) is 26.8 Å². The van der Waals surface area contributed by atoms with E-state index in [4.69, 9.17) is 19.7 Å². The van der Waals surface area contributed by atoms with Gasteiger partial charge in [-0.1, -0.05) is 18.2 Å². The van der Waals surface area contributed by atoms with E-state index in [2.05, 4.69) is 25.4 Å². The molecular formula is C22H32N7O5P. The fourth-order valence-electron chi connectivity index (χ4n) is 3.29. The van der Waals surface area contributed by atoms with Crippen molar-refractivity contribution in [2.75, 3.05) is 25.8 Å². The van der Waals surface area contributed by atoms with Crippen LogP contribution in [0.5, 0.6) is 5.75 Å². The second kappa shape index (κ2) is 12.1. The summed E-state index contributed by atoms with van der Waals surface area (Å²) < 4.78 is 32.6. The lowest BCUT2D eigenvalue weighted by molar-refractivity contribution is -0.124. The molecule has 0 radical (unpaired) electrons. The number of amides is 1. The quantitative estimate of drug-likeness (QED) is 0.294. The number of nitrogens with one attached hydrogen (secondary N) is 2. The third-order valence-corrected chi connectivity index (χ3v) is 6.54. The first-order valence-electron chi connectivity index (χ1n) is 11.1. The summed E-state index contributed by atoms with van der Waals surface area (Å²) in [6.07, 6.45) is 2.27. The maximum absolute atomic E-state index is 13.9. The van der Waals surface area contributed by atoms with Gasteiger partial charge in [0, 0.05) is 13.2 Å². The molecule has 35 heavy (non-hydrogen) atoms. The summed E-state index contributed by atoms with van der Waals surface area (Å²) in [6, 6.07) is 7.69. The van der Waals surface area contributed by atoms with Crippen molar-refractivity contribution in [3.8, 4) is 5.75 Å². The highest BCUT2D eigenvalue weighted by molar-refractivity contribution is 7.57. The Morgan fingerprint density at radius 3 is 2.60 bits per heavy atom. The van der Waals surface area contributed by atoms with E-state index in [-0.39, 0.29) is 30.7 Å². The van der Waals surface area contributed by atoms with Crippen molar-refractivity contribution in [1.29, 1.82) is 0 Å². The molecule has 0 fully saturated rings. The van der Waals surface area contributed by atoms with Crippen LogP contribution in [0.15, 0.2) is 43.0 Å². The molecule has 0 bridgehead atoms. The predicted molar refractivity (Wildman–Crippen MR) is 132 cm³/mol. The summed E-state index contributed by atoms with van der Waals surface area (Å²) in [5, 5.41) is 5.65. The number of imidazole rings is 1. The van der Waals surface area contributed by atoms with Crippen molar-refractivity contribution in [3.63, 3.8) is 0 Å². The van der Waals surface area contributed by atoms with Crippen molar-refractivity contribution in [2.45, 2.75) is 45.5 Å². The Labute approximate surface area is 204 Å². The molecule has 1 amide bonds. The van der Waals surface area contributed by atoms with Gasteiger partial charge in [-0.15, -0.1) is 0 Å². The van der Waals surface area contributed by atoms with Gasteiger partial charge in [0.1, 0.15) is 30.0 Å². The van der Waals surface area contributed by atoms with E-state index in [1.165, 1.54) is 13.4 Å². The van der Waals surface area contributed by atoms with Crippen molar-refractivity contribution < 1.29 is 23.4 Å². The molecule has 2 aromatic heterocycles. The van der Waals surface area contributed by atoms with Gasteiger partial charge in [0.2, 0.25) is 5.91 Å². The van der Waals surface area contributed by atoms with Gasteiger partial charge < -0.3 is 29.6 Å². The minimum absolute atomic E-state index is 0.00159. The predicted octanol–water partition coefficient (Wildman–Crippen LogP) is 2.17. The van der Waals surface area contributed by atoms with Crippen LogP contribution in [0, 0.1) is 0 Å². The Kier molecular flexibility index (Phi) is 9.16. The van der Waals surface area contributed by atoms with E-state index in [0.29, 0.717) is 23.5 Å². The molecule has 0 saturated carbocycles. The summed E-state index contributed by atoms with van der Waals surface area (Å²) >= 11 is 0.